The van der Waals surface area contributed by atoms with Gasteiger partial charge >= 0.3 is 0 Å². The first-order valence-electron chi connectivity index (χ1n) is 20.0. The van der Waals surface area contributed by atoms with E-state index in [1.807, 2.05) is 60.8 Å². The van der Waals surface area contributed by atoms with Gasteiger partial charge in [0.2, 0.25) is 23.6 Å². The smallest absolute Gasteiger partial charge is 0.255 e. The zero-order valence-corrected chi connectivity index (χ0v) is 32.8. The van der Waals surface area contributed by atoms with E-state index >= 15 is 0 Å². The molecular weight excluding hydrogens is 749 g/mol. The number of aryl methyl sites for hydroxylation is 1. The number of anilines is 1. The van der Waals surface area contributed by atoms with Gasteiger partial charge in [0.05, 0.1) is 18.5 Å². The Hall–Kier alpha value is -5.01. The molecule has 7 rings (SSSR count). The number of nitrogens with two attached hydrogens (primary N) is 1. The average Bonchev–Trinajstić information content (AvgIpc) is 3.73. The number of carbonyl (C=O) groups excluding carboxylic acids is 4. The van der Waals surface area contributed by atoms with E-state index in [0.717, 1.165) is 77.2 Å². The predicted molar refractivity (Wildman–Crippen MR) is 219 cm³/mol. The van der Waals surface area contributed by atoms with Gasteiger partial charge < -0.3 is 25.3 Å². The Bertz CT molecular complexity index is 2180. The SMILES string of the molecule is NC(=S)c1cccc(-c2cn(C3CCC(F)(F)CC3)c3cc(NC(=O)CCOCCCCCCCc4cccc5c4CN(C4CCC(=O)NC4=O)C5=O)ccc23)c1. The van der Waals surface area contributed by atoms with E-state index in [4.69, 9.17) is 22.7 Å². The number of hydrogen-bond acceptors (Lipinski definition) is 6. The summed E-state index contributed by atoms with van der Waals surface area (Å²) in [6.07, 6.45) is 9.04. The van der Waals surface area contributed by atoms with Crippen molar-refractivity contribution in [1.29, 1.82) is 0 Å². The van der Waals surface area contributed by atoms with E-state index in [0.29, 0.717) is 55.3 Å². The summed E-state index contributed by atoms with van der Waals surface area (Å²) in [6, 6.07) is 18.5. The third-order valence-electron chi connectivity index (χ3n) is 11.5. The molecule has 4 aromatic rings. The molecule has 10 nitrogen and oxygen atoms in total. The highest BCUT2D eigenvalue weighted by molar-refractivity contribution is 7.80. The standard InChI is InChI=1S/C44H49F2N5O5S/c45-44(46)20-17-32(18-21-44)50-26-36(29-10-6-11-30(24-29)41(47)57)33-14-13-31(25-38(33)50)48-40(53)19-23-56-22-5-3-1-2-4-8-28-9-7-12-34-35(28)27-51(43(34)55)37-15-16-39(52)49-42(37)54/h6-7,9-14,24-26,32,37H,1-5,8,15-23,27H2,(H2,47,57)(H,48,53)(H,49,52,54). The van der Waals surface area contributed by atoms with Crippen LogP contribution in [0.4, 0.5) is 14.5 Å². The monoisotopic (exact) mass is 797 g/mol. The first-order chi connectivity index (χ1) is 27.5. The Labute approximate surface area is 336 Å². The summed E-state index contributed by atoms with van der Waals surface area (Å²) >= 11 is 5.20. The third kappa shape index (κ3) is 9.42. The number of amides is 4. The van der Waals surface area contributed by atoms with Gasteiger partial charge in [-0.25, -0.2) is 8.78 Å². The van der Waals surface area contributed by atoms with Gasteiger partial charge in [0, 0.05) is 72.4 Å². The number of hydrogen-bond donors (Lipinski definition) is 3. The maximum atomic E-state index is 14.1. The minimum Gasteiger partial charge on any atom is -0.389 e. The number of aromatic nitrogens is 1. The molecule has 4 amide bonds. The van der Waals surface area contributed by atoms with Crippen LogP contribution in [-0.2, 0) is 32.1 Å². The maximum absolute atomic E-state index is 14.1. The number of carbonyl (C=O) groups is 4. The van der Waals surface area contributed by atoms with Gasteiger partial charge in [0.15, 0.2) is 0 Å². The van der Waals surface area contributed by atoms with E-state index in [1.54, 1.807) is 4.90 Å². The molecule has 57 heavy (non-hydrogen) atoms. The average molecular weight is 798 g/mol. The van der Waals surface area contributed by atoms with Gasteiger partial charge in [-0.1, -0.05) is 67.9 Å². The molecular formula is C44H49F2N5O5S. The largest absolute Gasteiger partial charge is 0.389 e. The molecule has 3 heterocycles. The molecule has 2 aliphatic heterocycles. The lowest BCUT2D eigenvalue weighted by Crippen LogP contribution is -2.52. The van der Waals surface area contributed by atoms with Crippen molar-refractivity contribution in [2.75, 3.05) is 18.5 Å². The van der Waals surface area contributed by atoms with Gasteiger partial charge in [-0.2, -0.15) is 0 Å². The number of nitrogens with one attached hydrogen (secondary N) is 2. The summed E-state index contributed by atoms with van der Waals surface area (Å²) in [6.45, 7) is 1.26. The number of halogens is 2. The number of benzene rings is 3. The van der Waals surface area contributed by atoms with Crippen LogP contribution in [0.3, 0.4) is 0 Å². The number of alkyl halides is 2. The zero-order valence-electron chi connectivity index (χ0n) is 32.0. The summed E-state index contributed by atoms with van der Waals surface area (Å²) in [4.78, 5) is 51.9. The summed E-state index contributed by atoms with van der Waals surface area (Å²) in [7, 11) is 0. The Morgan fingerprint density at radius 1 is 0.930 bits per heavy atom. The highest BCUT2D eigenvalue weighted by Crippen LogP contribution is 2.42. The number of fused-ring (bicyclic) bond motifs is 2. The molecule has 1 atom stereocenters. The molecule has 2 fully saturated rings. The second kappa shape index (κ2) is 17.6. The molecule has 0 bridgehead atoms. The lowest BCUT2D eigenvalue weighted by Gasteiger charge is -2.29. The van der Waals surface area contributed by atoms with E-state index in [-0.39, 0.29) is 49.4 Å². The predicted octanol–water partition coefficient (Wildman–Crippen LogP) is 7.99. The normalized spacial score (nSPS) is 18.2. The van der Waals surface area contributed by atoms with Crippen LogP contribution >= 0.6 is 12.2 Å². The van der Waals surface area contributed by atoms with Crippen molar-refractivity contribution in [3.8, 4) is 11.1 Å². The molecule has 1 aliphatic carbocycles. The van der Waals surface area contributed by atoms with Crippen LogP contribution in [0.15, 0.2) is 66.9 Å². The van der Waals surface area contributed by atoms with E-state index in [2.05, 4.69) is 21.3 Å². The zero-order chi connectivity index (χ0) is 40.1. The number of unbranched alkanes of at least 4 members (excludes halogenated alkanes) is 4. The van der Waals surface area contributed by atoms with Crippen LogP contribution in [-0.4, -0.2) is 63.3 Å². The highest BCUT2D eigenvalue weighted by Gasteiger charge is 2.40. The molecule has 13 heteroatoms. The quantitative estimate of drug-likeness (QED) is 0.0594. The number of piperidine rings is 1. The van der Waals surface area contributed by atoms with Crippen molar-refractivity contribution in [1.82, 2.24) is 14.8 Å². The Kier molecular flexibility index (Phi) is 12.4. The van der Waals surface area contributed by atoms with Gasteiger partial charge in [0.25, 0.3) is 5.91 Å². The van der Waals surface area contributed by atoms with E-state index < -0.39 is 17.9 Å². The number of nitrogens with zero attached hydrogens (tertiary/aromatic N) is 2. The molecule has 1 aromatic heterocycles. The molecule has 1 saturated carbocycles. The molecule has 1 saturated heterocycles. The number of imide groups is 1. The number of thiocarbonyl (C=S) groups is 1. The number of rotatable bonds is 16. The molecule has 300 valence electrons. The fourth-order valence-corrected chi connectivity index (χ4v) is 8.56. The van der Waals surface area contributed by atoms with Crippen molar-refractivity contribution < 1.29 is 32.7 Å². The Morgan fingerprint density at radius 3 is 2.49 bits per heavy atom. The minimum absolute atomic E-state index is 0.0876. The molecule has 0 spiro atoms. The van der Waals surface area contributed by atoms with Gasteiger partial charge in [0.1, 0.15) is 11.0 Å². The summed E-state index contributed by atoms with van der Waals surface area (Å²) in [5.74, 6) is -3.65. The lowest BCUT2D eigenvalue weighted by molar-refractivity contribution is -0.137. The van der Waals surface area contributed by atoms with E-state index in [1.165, 1.54) is 0 Å². The minimum atomic E-state index is -2.64. The molecule has 1 unspecified atom stereocenters. The second-order valence-electron chi connectivity index (χ2n) is 15.5. The van der Waals surface area contributed by atoms with Crippen molar-refractivity contribution in [3.63, 3.8) is 0 Å². The fourth-order valence-electron chi connectivity index (χ4n) is 8.43. The third-order valence-corrected chi connectivity index (χ3v) is 11.8. The van der Waals surface area contributed by atoms with Crippen molar-refractivity contribution in [3.05, 3.63) is 89.1 Å². The molecule has 3 aliphatic rings. The van der Waals surface area contributed by atoms with Crippen molar-refractivity contribution in [2.24, 2.45) is 5.73 Å². The van der Waals surface area contributed by atoms with Crippen LogP contribution < -0.4 is 16.4 Å². The van der Waals surface area contributed by atoms with Crippen LogP contribution in [0.1, 0.15) is 110 Å². The van der Waals surface area contributed by atoms with Crippen LogP contribution in [0, 0.1) is 0 Å². The summed E-state index contributed by atoms with van der Waals surface area (Å²) < 4.78 is 36.0. The summed E-state index contributed by atoms with van der Waals surface area (Å²) in [5, 5.41) is 6.30. The van der Waals surface area contributed by atoms with Gasteiger partial charge in [-0.05, 0) is 79.5 Å². The van der Waals surface area contributed by atoms with Crippen molar-refractivity contribution >= 4 is 57.4 Å². The van der Waals surface area contributed by atoms with Gasteiger partial charge in [-0.3, -0.25) is 24.5 Å². The number of ether oxygens (including phenoxy) is 1. The van der Waals surface area contributed by atoms with Crippen LogP contribution in [0.5, 0.6) is 0 Å². The Balaban J connectivity index is 0.844. The highest BCUT2D eigenvalue weighted by atomic mass is 32.1. The molecule has 4 N–H and O–H groups in total. The van der Waals surface area contributed by atoms with Crippen LogP contribution in [0.2, 0.25) is 0 Å². The first kappa shape index (κ1) is 40.2. The molecule has 0 radical (unpaired) electrons. The topological polar surface area (TPSA) is 136 Å². The second-order valence-corrected chi connectivity index (χ2v) is 15.9. The Morgan fingerprint density at radius 2 is 1.70 bits per heavy atom. The fraction of sp³-hybridized carbons (Fsp3) is 0.432. The first-order valence-corrected chi connectivity index (χ1v) is 20.4. The summed E-state index contributed by atoms with van der Waals surface area (Å²) in [5.41, 5.74) is 12.8. The lowest BCUT2D eigenvalue weighted by atomic mass is 9.92. The van der Waals surface area contributed by atoms with Crippen LogP contribution in [0.25, 0.3) is 22.0 Å². The van der Waals surface area contributed by atoms with Gasteiger partial charge in [-0.15, -0.1) is 0 Å². The molecule has 3 aromatic carbocycles. The maximum Gasteiger partial charge on any atom is 0.255 e. The van der Waals surface area contributed by atoms with Crippen molar-refractivity contribution in [2.45, 2.75) is 108 Å². The van der Waals surface area contributed by atoms with E-state index in [9.17, 15) is 28.0 Å².